The topological polar surface area (TPSA) is 90.0 Å². The zero-order chi connectivity index (χ0) is 18.3. The highest BCUT2D eigenvalue weighted by Gasteiger charge is 2.61. The maximum Gasteiger partial charge on any atom is 0.333 e. The lowest BCUT2D eigenvalue weighted by molar-refractivity contribution is -0.178. The summed E-state index contributed by atoms with van der Waals surface area (Å²) in [5.41, 5.74) is -0.306. The number of hydrogen-bond donors (Lipinski definition) is 0. The summed E-state index contributed by atoms with van der Waals surface area (Å²) in [5, 5.41) is -0.327. The largest absolute Gasteiger partial charge is 0.427 e. The molecule has 0 saturated carbocycles. The maximum absolute atomic E-state index is 12.4. The van der Waals surface area contributed by atoms with Crippen LogP contribution in [-0.4, -0.2) is 52.0 Å². The molecule has 2 saturated heterocycles. The van der Waals surface area contributed by atoms with Gasteiger partial charge in [-0.15, -0.1) is 11.8 Å². The van der Waals surface area contributed by atoms with Crippen LogP contribution in [-0.2, 0) is 28.7 Å². The summed E-state index contributed by atoms with van der Waals surface area (Å²) in [7, 11) is 0. The average Bonchev–Trinajstić information content (AvgIpc) is 2.71. The molecule has 0 aromatic heterocycles. The summed E-state index contributed by atoms with van der Waals surface area (Å²) >= 11 is 1.42. The van der Waals surface area contributed by atoms with E-state index in [0.717, 1.165) is 0 Å². The number of β-lactam (4-membered cyclic amide) rings is 1. The number of rotatable bonds is 4. The first kappa shape index (κ1) is 18.5. The number of fused-ring (bicyclic) bond motifs is 1. The Morgan fingerprint density at radius 1 is 1.29 bits per heavy atom. The fraction of sp³-hybridized carbons (Fsp3) is 0.625. The zero-order valence-corrected chi connectivity index (χ0v) is 15.1. The molecule has 0 unspecified atom stereocenters. The van der Waals surface area contributed by atoms with Gasteiger partial charge >= 0.3 is 11.9 Å². The smallest absolute Gasteiger partial charge is 0.333 e. The Morgan fingerprint density at radius 2 is 1.92 bits per heavy atom. The molecule has 1 amide bonds. The number of allylic oxidation sites excluding steroid dienone is 1. The van der Waals surface area contributed by atoms with Gasteiger partial charge in [0.15, 0.2) is 0 Å². The van der Waals surface area contributed by atoms with Crippen LogP contribution < -0.4 is 0 Å². The van der Waals surface area contributed by atoms with Crippen molar-refractivity contribution >= 4 is 35.9 Å². The lowest BCUT2D eigenvalue weighted by Gasteiger charge is -2.39. The molecule has 2 fully saturated rings. The third kappa shape index (κ3) is 3.19. The predicted octanol–water partition coefficient (Wildman–Crippen LogP) is 1.26. The molecular formula is C16H21NO6S. The first-order chi connectivity index (χ1) is 11.0. The fourth-order valence-electron chi connectivity index (χ4n) is 2.57. The van der Waals surface area contributed by atoms with Crippen molar-refractivity contribution in [1.29, 1.82) is 0 Å². The van der Waals surface area contributed by atoms with Crippen molar-refractivity contribution in [2.24, 2.45) is 5.41 Å². The highest BCUT2D eigenvalue weighted by molar-refractivity contribution is 8.01. The van der Waals surface area contributed by atoms with Crippen LogP contribution in [0.25, 0.3) is 0 Å². The summed E-state index contributed by atoms with van der Waals surface area (Å²) in [5.74, 6) is -1.46. The average molecular weight is 355 g/mol. The minimum atomic E-state index is -0.794. The lowest BCUT2D eigenvalue weighted by Crippen LogP contribution is -2.59. The van der Waals surface area contributed by atoms with E-state index in [9.17, 15) is 19.2 Å². The van der Waals surface area contributed by atoms with E-state index >= 15 is 0 Å². The monoisotopic (exact) mass is 355 g/mol. The molecule has 24 heavy (non-hydrogen) atoms. The second kappa shape index (κ2) is 6.23. The second-order valence-corrected chi connectivity index (χ2v) is 8.94. The lowest BCUT2D eigenvalue weighted by atomic mass is 9.95. The summed E-state index contributed by atoms with van der Waals surface area (Å²) in [6.07, 6.45) is 1.79. The van der Waals surface area contributed by atoms with Gasteiger partial charge in [0.1, 0.15) is 17.7 Å². The normalized spacial score (nSPS) is 26.6. The second-order valence-electron chi connectivity index (χ2n) is 7.21. The van der Waals surface area contributed by atoms with Gasteiger partial charge < -0.3 is 14.4 Å². The van der Waals surface area contributed by atoms with Gasteiger partial charge in [0.25, 0.3) is 5.91 Å². The molecule has 2 atom stereocenters. The Hall–Kier alpha value is -1.83. The van der Waals surface area contributed by atoms with E-state index in [4.69, 9.17) is 9.47 Å². The molecule has 0 spiro atoms. The van der Waals surface area contributed by atoms with Gasteiger partial charge in [-0.05, 0) is 40.7 Å². The predicted molar refractivity (Wildman–Crippen MR) is 86.7 cm³/mol. The third-order valence-corrected chi connectivity index (χ3v) is 5.36. The molecule has 0 aromatic rings. The van der Waals surface area contributed by atoms with Crippen molar-refractivity contribution in [3.8, 4) is 0 Å². The molecule has 2 aliphatic rings. The van der Waals surface area contributed by atoms with Crippen LogP contribution in [0.15, 0.2) is 11.6 Å². The highest BCUT2D eigenvalue weighted by Crippen LogP contribution is 2.53. The Bertz CT molecular complexity index is 619. The van der Waals surface area contributed by atoms with Crippen LogP contribution in [0.5, 0.6) is 0 Å². The standard InChI is InChI=1S/C16H21NO6S/c1-15(2,3)14(21)23-8-22-13(20)10-16(4,5)24-12-9(6-7-18)11(19)17(10)12/h6-7,10,12H,8H2,1-5H3/b9-6-/t10-,12+/m0/s1. The number of aldehydes is 1. The number of carbonyl (C=O) groups excluding carboxylic acids is 4. The van der Waals surface area contributed by atoms with Crippen LogP contribution >= 0.6 is 11.8 Å². The zero-order valence-electron chi connectivity index (χ0n) is 14.3. The van der Waals surface area contributed by atoms with E-state index in [1.165, 1.54) is 22.7 Å². The van der Waals surface area contributed by atoms with E-state index < -0.39 is 34.9 Å². The van der Waals surface area contributed by atoms with Crippen molar-refractivity contribution in [3.63, 3.8) is 0 Å². The molecule has 0 bridgehead atoms. The Labute approximate surface area is 144 Å². The van der Waals surface area contributed by atoms with Crippen LogP contribution in [0.3, 0.4) is 0 Å². The van der Waals surface area contributed by atoms with E-state index in [2.05, 4.69) is 0 Å². The molecular weight excluding hydrogens is 334 g/mol. The Balaban J connectivity index is 2.02. The van der Waals surface area contributed by atoms with Gasteiger partial charge in [-0.25, -0.2) is 4.79 Å². The van der Waals surface area contributed by atoms with Crippen molar-refractivity contribution in [1.82, 2.24) is 4.90 Å². The molecule has 7 nitrogen and oxygen atoms in total. The molecule has 2 aliphatic heterocycles. The van der Waals surface area contributed by atoms with Gasteiger partial charge in [-0.3, -0.25) is 14.4 Å². The minimum Gasteiger partial charge on any atom is -0.427 e. The molecule has 8 heteroatoms. The van der Waals surface area contributed by atoms with Gasteiger partial charge in [0.05, 0.1) is 11.0 Å². The quantitative estimate of drug-likeness (QED) is 0.247. The molecule has 0 aliphatic carbocycles. The van der Waals surface area contributed by atoms with Crippen molar-refractivity contribution in [3.05, 3.63) is 11.6 Å². The van der Waals surface area contributed by atoms with Crippen LogP contribution in [0.2, 0.25) is 0 Å². The summed E-state index contributed by atoms with van der Waals surface area (Å²) in [4.78, 5) is 48.2. The van der Waals surface area contributed by atoms with Gasteiger partial charge in [-0.2, -0.15) is 0 Å². The van der Waals surface area contributed by atoms with Crippen LogP contribution in [0, 0.1) is 5.41 Å². The number of thioether (sulfide) groups is 1. The third-order valence-electron chi connectivity index (χ3n) is 3.83. The number of amides is 1. The molecule has 0 aromatic carbocycles. The number of esters is 2. The van der Waals surface area contributed by atoms with E-state index in [1.807, 2.05) is 13.8 Å². The van der Waals surface area contributed by atoms with Crippen molar-refractivity contribution < 1.29 is 28.7 Å². The van der Waals surface area contributed by atoms with Gasteiger partial charge in [0.2, 0.25) is 6.79 Å². The number of hydrogen-bond acceptors (Lipinski definition) is 7. The number of carbonyl (C=O) groups is 4. The van der Waals surface area contributed by atoms with Crippen LogP contribution in [0.4, 0.5) is 0 Å². The molecule has 2 heterocycles. The summed E-state index contributed by atoms with van der Waals surface area (Å²) in [6, 6.07) is -0.794. The number of ether oxygens (including phenoxy) is 2. The number of nitrogens with zero attached hydrogens (tertiary/aromatic N) is 1. The SMILES string of the molecule is CC(C)(C)C(=O)OCOC(=O)[C@@H]1N2C(=O)/C(=C/C=O)[C@H]2SC1(C)C. The maximum atomic E-state index is 12.4. The molecule has 2 rings (SSSR count). The van der Waals surface area contributed by atoms with Gasteiger partial charge in [-0.1, -0.05) is 0 Å². The van der Waals surface area contributed by atoms with E-state index in [-0.39, 0.29) is 11.3 Å². The van der Waals surface area contributed by atoms with Crippen molar-refractivity contribution in [2.45, 2.75) is 50.8 Å². The highest BCUT2D eigenvalue weighted by atomic mass is 32.2. The Kier molecular flexibility index (Phi) is 4.81. The van der Waals surface area contributed by atoms with E-state index in [0.29, 0.717) is 11.9 Å². The first-order valence-electron chi connectivity index (χ1n) is 7.50. The summed E-state index contributed by atoms with van der Waals surface area (Å²) < 4.78 is 9.39. The van der Waals surface area contributed by atoms with Crippen LogP contribution in [0.1, 0.15) is 34.6 Å². The molecule has 0 radical (unpaired) electrons. The van der Waals surface area contributed by atoms with Gasteiger partial charge in [0, 0.05) is 4.75 Å². The molecule has 0 N–H and O–H groups in total. The minimum absolute atomic E-state index is 0.327. The summed E-state index contributed by atoms with van der Waals surface area (Å²) in [6.45, 7) is 8.24. The Morgan fingerprint density at radius 3 is 2.46 bits per heavy atom. The first-order valence-corrected chi connectivity index (χ1v) is 8.38. The fourth-order valence-corrected chi connectivity index (χ4v) is 4.12. The van der Waals surface area contributed by atoms with Crippen molar-refractivity contribution in [2.75, 3.05) is 6.79 Å². The molecule has 132 valence electrons. The van der Waals surface area contributed by atoms with E-state index in [1.54, 1.807) is 20.8 Å².